The third-order valence-corrected chi connectivity index (χ3v) is 1.16. The molecule has 0 unspecified atom stereocenters. The highest BCUT2D eigenvalue weighted by atomic mass is 15.2. The summed E-state index contributed by atoms with van der Waals surface area (Å²) < 4.78 is 4.08. The molecule has 3 heteroatoms. The molecule has 1 N–H and O–H groups in total. The van der Waals surface area contributed by atoms with E-state index in [-0.39, 0.29) is 0 Å². The zero-order chi connectivity index (χ0) is 6.69. The normalized spacial score (nSPS) is 10.0. The molecule has 1 heterocycles. The van der Waals surface area contributed by atoms with Crippen LogP contribution in [0.1, 0.15) is 0 Å². The van der Waals surface area contributed by atoms with Gasteiger partial charge in [0.1, 0.15) is 19.1 Å². The van der Waals surface area contributed by atoms with Crippen LogP contribution in [-0.4, -0.2) is 11.6 Å². The van der Waals surface area contributed by atoms with Crippen LogP contribution in [0, 0.1) is 0 Å². The summed E-state index contributed by atoms with van der Waals surface area (Å²) in [6, 6.07) is 0. The van der Waals surface area contributed by atoms with E-state index in [9.17, 15) is 0 Å². The summed E-state index contributed by atoms with van der Waals surface area (Å²) in [4.78, 5) is 0. The minimum atomic E-state index is 0.876. The molecule has 1 aromatic rings. The molecule has 0 aliphatic rings. The van der Waals surface area contributed by atoms with Crippen LogP contribution in [0.25, 0.3) is 0 Å². The molecule has 0 saturated carbocycles. The van der Waals surface area contributed by atoms with Crippen molar-refractivity contribution in [1.82, 2.24) is 9.88 Å². The summed E-state index contributed by atoms with van der Waals surface area (Å²) >= 11 is 0. The molecular weight excluding hydrogens is 114 g/mol. The topological polar surface area (TPSA) is 20.8 Å². The van der Waals surface area contributed by atoms with Crippen molar-refractivity contribution in [3.63, 3.8) is 0 Å². The second-order valence-electron chi connectivity index (χ2n) is 2.10. The molecule has 0 atom stereocenters. The van der Waals surface area contributed by atoms with Gasteiger partial charge in [-0.05, 0) is 7.05 Å². The van der Waals surface area contributed by atoms with Crippen LogP contribution in [-0.2, 0) is 13.7 Å². The maximum atomic E-state index is 3.05. The third kappa shape index (κ3) is 1.54. The van der Waals surface area contributed by atoms with Gasteiger partial charge in [0.25, 0.3) is 0 Å². The maximum absolute atomic E-state index is 3.05. The maximum Gasteiger partial charge on any atom is 0.244 e. The Morgan fingerprint density at radius 3 is 2.89 bits per heavy atom. The molecule has 0 saturated heterocycles. The Bertz CT molecular complexity index is 180. The van der Waals surface area contributed by atoms with Crippen molar-refractivity contribution in [3.05, 3.63) is 18.7 Å². The van der Waals surface area contributed by atoms with Crippen molar-refractivity contribution in [2.24, 2.45) is 7.05 Å². The molecular formula is C6H12N3+. The molecule has 9 heavy (non-hydrogen) atoms. The molecule has 3 nitrogen and oxygen atoms in total. The van der Waals surface area contributed by atoms with E-state index in [1.807, 2.05) is 37.4 Å². The third-order valence-electron chi connectivity index (χ3n) is 1.16. The van der Waals surface area contributed by atoms with Gasteiger partial charge in [0, 0.05) is 0 Å². The van der Waals surface area contributed by atoms with Gasteiger partial charge in [0.05, 0.1) is 7.05 Å². The van der Waals surface area contributed by atoms with Gasteiger partial charge in [0.2, 0.25) is 6.33 Å². The van der Waals surface area contributed by atoms with Gasteiger partial charge in [-0.2, -0.15) is 0 Å². The molecule has 0 bridgehead atoms. The van der Waals surface area contributed by atoms with Crippen LogP contribution in [0.2, 0.25) is 0 Å². The van der Waals surface area contributed by atoms with Gasteiger partial charge >= 0.3 is 0 Å². The first kappa shape index (κ1) is 6.29. The number of nitrogens with zero attached hydrogens (tertiary/aromatic N) is 2. The largest absolute Gasteiger partial charge is 0.284 e. The molecule has 0 radical (unpaired) electrons. The van der Waals surface area contributed by atoms with Crippen molar-refractivity contribution in [1.29, 1.82) is 0 Å². The lowest BCUT2D eigenvalue weighted by atomic mass is 10.8. The van der Waals surface area contributed by atoms with E-state index in [2.05, 4.69) is 9.88 Å². The lowest BCUT2D eigenvalue weighted by Gasteiger charge is -1.89. The van der Waals surface area contributed by atoms with E-state index < -0.39 is 0 Å². The van der Waals surface area contributed by atoms with Crippen LogP contribution in [0.3, 0.4) is 0 Å². The summed E-state index contributed by atoms with van der Waals surface area (Å²) in [5.41, 5.74) is 0. The van der Waals surface area contributed by atoms with Crippen LogP contribution < -0.4 is 9.88 Å². The van der Waals surface area contributed by atoms with Crippen molar-refractivity contribution >= 4 is 0 Å². The molecule has 0 aromatic carbocycles. The Balaban J connectivity index is 2.61. The second-order valence-corrected chi connectivity index (χ2v) is 2.10. The van der Waals surface area contributed by atoms with Crippen molar-refractivity contribution < 1.29 is 4.57 Å². The Labute approximate surface area is 54.9 Å². The SMILES string of the molecule is CNCn1cc[n+](C)c1. The lowest BCUT2D eigenvalue weighted by molar-refractivity contribution is -0.671. The average molecular weight is 126 g/mol. The number of imidazole rings is 1. The summed E-state index contributed by atoms with van der Waals surface area (Å²) in [5.74, 6) is 0. The number of hydrogen-bond acceptors (Lipinski definition) is 1. The van der Waals surface area contributed by atoms with Gasteiger partial charge in [-0.1, -0.05) is 0 Å². The Hall–Kier alpha value is -0.830. The Kier molecular flexibility index (Phi) is 1.85. The number of nitrogens with one attached hydrogen (secondary N) is 1. The molecule has 0 aliphatic heterocycles. The molecule has 0 aliphatic carbocycles. The van der Waals surface area contributed by atoms with Crippen molar-refractivity contribution in [2.45, 2.75) is 6.67 Å². The molecule has 1 rings (SSSR count). The fourth-order valence-corrected chi connectivity index (χ4v) is 0.778. The first-order valence-electron chi connectivity index (χ1n) is 2.98. The molecule has 0 amide bonds. The van der Waals surface area contributed by atoms with Crippen LogP contribution >= 0.6 is 0 Å². The highest BCUT2D eigenvalue weighted by Crippen LogP contribution is 1.77. The predicted octanol–water partition coefficient (Wildman–Crippen LogP) is -0.511. The van der Waals surface area contributed by atoms with E-state index in [1.165, 1.54) is 0 Å². The summed E-state index contributed by atoms with van der Waals surface area (Å²) in [6.45, 7) is 0.876. The number of rotatable bonds is 2. The number of hydrogen-bond donors (Lipinski definition) is 1. The quantitative estimate of drug-likeness (QED) is 0.529. The minimum Gasteiger partial charge on any atom is -0.284 e. The first-order valence-corrected chi connectivity index (χ1v) is 2.98. The van der Waals surface area contributed by atoms with Gasteiger partial charge in [-0.3, -0.25) is 5.32 Å². The first-order chi connectivity index (χ1) is 4.33. The number of aryl methyl sites for hydroxylation is 1. The van der Waals surface area contributed by atoms with E-state index in [0.29, 0.717) is 0 Å². The standard InChI is InChI=1S/C6H12N3/c1-7-5-9-4-3-8(2)6-9/h3-4,6-7H,5H2,1-2H3/q+1. The van der Waals surface area contributed by atoms with E-state index in [0.717, 1.165) is 6.67 Å². The van der Waals surface area contributed by atoms with E-state index in [1.54, 1.807) is 0 Å². The summed E-state index contributed by atoms with van der Waals surface area (Å²) in [7, 11) is 3.94. The fourth-order valence-electron chi connectivity index (χ4n) is 0.778. The summed E-state index contributed by atoms with van der Waals surface area (Å²) in [6.07, 6.45) is 6.06. The molecule has 0 spiro atoms. The van der Waals surface area contributed by atoms with Crippen LogP contribution in [0.4, 0.5) is 0 Å². The van der Waals surface area contributed by atoms with Crippen molar-refractivity contribution in [2.75, 3.05) is 7.05 Å². The highest BCUT2D eigenvalue weighted by molar-refractivity contribution is 4.64. The number of aromatic nitrogens is 2. The summed E-state index contributed by atoms with van der Waals surface area (Å²) in [5, 5.41) is 3.05. The molecule has 0 fully saturated rings. The van der Waals surface area contributed by atoms with Crippen LogP contribution in [0.5, 0.6) is 0 Å². The zero-order valence-electron chi connectivity index (χ0n) is 5.83. The monoisotopic (exact) mass is 126 g/mol. The fraction of sp³-hybridized carbons (Fsp3) is 0.500. The lowest BCUT2D eigenvalue weighted by Crippen LogP contribution is -2.24. The van der Waals surface area contributed by atoms with Gasteiger partial charge in [-0.25, -0.2) is 9.13 Å². The average Bonchev–Trinajstić information content (AvgIpc) is 2.17. The minimum absolute atomic E-state index is 0.876. The highest BCUT2D eigenvalue weighted by Gasteiger charge is 1.94. The Morgan fingerprint density at radius 2 is 2.44 bits per heavy atom. The van der Waals surface area contributed by atoms with E-state index in [4.69, 9.17) is 0 Å². The van der Waals surface area contributed by atoms with Gasteiger partial charge in [0.15, 0.2) is 0 Å². The second kappa shape index (κ2) is 2.64. The van der Waals surface area contributed by atoms with Gasteiger partial charge < -0.3 is 0 Å². The van der Waals surface area contributed by atoms with E-state index >= 15 is 0 Å². The van der Waals surface area contributed by atoms with Crippen LogP contribution in [0.15, 0.2) is 18.7 Å². The van der Waals surface area contributed by atoms with Gasteiger partial charge in [-0.15, -0.1) is 0 Å². The molecule has 1 aromatic heterocycles. The Morgan fingerprint density at radius 1 is 1.67 bits per heavy atom. The zero-order valence-corrected chi connectivity index (χ0v) is 5.83. The predicted molar refractivity (Wildman–Crippen MR) is 34.7 cm³/mol. The van der Waals surface area contributed by atoms with Crippen molar-refractivity contribution in [3.8, 4) is 0 Å². The smallest absolute Gasteiger partial charge is 0.244 e. The molecule has 50 valence electrons.